The monoisotopic (exact) mass is 273 g/mol. The molecular weight excluding hydrogens is 265 g/mol. The Morgan fingerprint density at radius 3 is 2.67 bits per heavy atom. The summed E-state index contributed by atoms with van der Waals surface area (Å²) < 4.78 is 37.8. The first kappa shape index (κ1) is 13.9. The topological polar surface area (TPSA) is 113 Å². The van der Waals surface area contributed by atoms with E-state index in [0.717, 1.165) is 19.1 Å². The Morgan fingerprint density at radius 1 is 1.56 bits per heavy atom. The third kappa shape index (κ3) is 2.92. The number of halogens is 1. The minimum absolute atomic E-state index is 0.386. The molecule has 1 N–H and O–H groups in total. The van der Waals surface area contributed by atoms with Crippen LogP contribution in [0.15, 0.2) is 18.2 Å². The fraction of sp³-hybridized carbons (Fsp3) is 0.222. The molecule has 96 valence electrons. The van der Waals surface area contributed by atoms with E-state index in [0.29, 0.717) is 6.07 Å². The molecule has 0 saturated heterocycles. The van der Waals surface area contributed by atoms with Crippen molar-refractivity contribution in [3.05, 3.63) is 34.1 Å². The lowest BCUT2D eigenvalue weighted by molar-refractivity contribution is -0.384. The van der Waals surface area contributed by atoms with E-state index in [4.69, 9.17) is 5.26 Å². The first-order valence-electron chi connectivity index (χ1n) is 4.63. The van der Waals surface area contributed by atoms with Crippen molar-refractivity contribution in [2.75, 3.05) is 4.72 Å². The van der Waals surface area contributed by atoms with Gasteiger partial charge in [0.25, 0.3) is 5.69 Å². The van der Waals surface area contributed by atoms with Gasteiger partial charge in [0.2, 0.25) is 10.0 Å². The molecule has 0 aliphatic carbocycles. The molecular formula is C9H8FN3O4S. The van der Waals surface area contributed by atoms with E-state index in [1.165, 1.54) is 6.07 Å². The summed E-state index contributed by atoms with van der Waals surface area (Å²) >= 11 is 0. The van der Waals surface area contributed by atoms with Gasteiger partial charge in [0, 0.05) is 0 Å². The number of rotatable bonds is 4. The molecule has 0 saturated carbocycles. The molecule has 7 nitrogen and oxygen atoms in total. The lowest BCUT2D eigenvalue weighted by Gasteiger charge is -2.09. The lowest BCUT2D eigenvalue weighted by Crippen LogP contribution is -2.24. The van der Waals surface area contributed by atoms with Gasteiger partial charge in [-0.25, -0.2) is 12.8 Å². The molecule has 0 heterocycles. The number of anilines is 1. The molecule has 9 heteroatoms. The number of nitro groups is 1. The zero-order valence-corrected chi connectivity index (χ0v) is 9.94. The van der Waals surface area contributed by atoms with Crippen LogP contribution in [0, 0.1) is 27.3 Å². The SMILES string of the molecule is CC(C#N)S(=O)(=O)Nc1ccc(F)cc1[N+](=O)[O-]. The van der Waals surface area contributed by atoms with Crippen LogP contribution < -0.4 is 4.72 Å². The van der Waals surface area contributed by atoms with Gasteiger partial charge in [0.15, 0.2) is 5.25 Å². The van der Waals surface area contributed by atoms with Gasteiger partial charge in [-0.3, -0.25) is 14.8 Å². The third-order valence-corrected chi connectivity index (χ3v) is 3.60. The quantitative estimate of drug-likeness (QED) is 0.657. The standard InChI is InChI=1S/C9H8FN3O4S/c1-6(5-11)18(16,17)12-8-3-2-7(10)4-9(8)13(14)15/h2-4,6,12H,1H3. The first-order valence-corrected chi connectivity index (χ1v) is 6.17. The molecule has 0 radical (unpaired) electrons. The van der Waals surface area contributed by atoms with Crippen molar-refractivity contribution in [2.24, 2.45) is 0 Å². The van der Waals surface area contributed by atoms with Gasteiger partial charge >= 0.3 is 0 Å². The van der Waals surface area contributed by atoms with Crippen molar-refractivity contribution >= 4 is 21.4 Å². The van der Waals surface area contributed by atoms with Crippen LogP contribution in [0.1, 0.15) is 6.92 Å². The Balaban J connectivity index is 3.21. The Labute approximate surface area is 102 Å². The van der Waals surface area contributed by atoms with Crippen LogP contribution in [0.5, 0.6) is 0 Å². The van der Waals surface area contributed by atoms with E-state index in [-0.39, 0.29) is 5.69 Å². The summed E-state index contributed by atoms with van der Waals surface area (Å²) in [6, 6.07) is 3.89. The van der Waals surface area contributed by atoms with Gasteiger partial charge in [-0.05, 0) is 19.1 Å². The molecule has 0 fully saturated rings. The highest BCUT2D eigenvalue weighted by molar-refractivity contribution is 7.93. The maximum Gasteiger partial charge on any atom is 0.296 e. The van der Waals surface area contributed by atoms with Crippen LogP contribution in [-0.2, 0) is 10.0 Å². The van der Waals surface area contributed by atoms with Gasteiger partial charge in [-0.2, -0.15) is 5.26 Å². The third-order valence-electron chi connectivity index (χ3n) is 2.06. The fourth-order valence-electron chi connectivity index (χ4n) is 1.05. The van der Waals surface area contributed by atoms with E-state index in [1.807, 2.05) is 4.72 Å². The highest BCUT2D eigenvalue weighted by atomic mass is 32.2. The van der Waals surface area contributed by atoms with Crippen LogP contribution in [0.4, 0.5) is 15.8 Å². The van der Waals surface area contributed by atoms with Crippen molar-refractivity contribution < 1.29 is 17.7 Å². The van der Waals surface area contributed by atoms with E-state index >= 15 is 0 Å². The number of nitrogens with one attached hydrogen (secondary N) is 1. The molecule has 1 aromatic rings. The van der Waals surface area contributed by atoms with E-state index in [1.54, 1.807) is 0 Å². The molecule has 0 spiro atoms. The summed E-state index contributed by atoms with van der Waals surface area (Å²) in [7, 11) is -4.07. The van der Waals surface area contributed by atoms with Crippen LogP contribution in [0.3, 0.4) is 0 Å². The zero-order valence-electron chi connectivity index (χ0n) is 9.12. The van der Waals surface area contributed by atoms with Crippen LogP contribution in [0.2, 0.25) is 0 Å². The van der Waals surface area contributed by atoms with Gasteiger partial charge in [-0.1, -0.05) is 0 Å². The van der Waals surface area contributed by atoms with Gasteiger partial charge < -0.3 is 0 Å². The Morgan fingerprint density at radius 2 is 2.17 bits per heavy atom. The molecule has 1 rings (SSSR count). The second kappa shape index (κ2) is 4.97. The van der Waals surface area contributed by atoms with Crippen molar-refractivity contribution in [1.29, 1.82) is 5.26 Å². The maximum absolute atomic E-state index is 12.8. The zero-order chi connectivity index (χ0) is 13.9. The second-order valence-corrected chi connectivity index (χ2v) is 5.34. The van der Waals surface area contributed by atoms with E-state index in [9.17, 15) is 22.9 Å². The van der Waals surface area contributed by atoms with Crippen LogP contribution in [-0.4, -0.2) is 18.6 Å². The van der Waals surface area contributed by atoms with Gasteiger partial charge in [0.05, 0.1) is 17.1 Å². The highest BCUT2D eigenvalue weighted by Gasteiger charge is 2.24. The molecule has 0 aromatic heterocycles. The molecule has 0 aliphatic rings. The van der Waals surface area contributed by atoms with Gasteiger partial charge in [-0.15, -0.1) is 0 Å². The minimum Gasteiger partial charge on any atom is -0.276 e. The van der Waals surface area contributed by atoms with E-state index < -0.39 is 31.7 Å². The summed E-state index contributed by atoms with van der Waals surface area (Å²) in [5, 5.41) is 17.8. The number of benzene rings is 1. The van der Waals surface area contributed by atoms with Crippen LogP contribution in [0.25, 0.3) is 0 Å². The number of nitro benzene ring substituents is 1. The summed E-state index contributed by atoms with van der Waals surface area (Å²) in [4.78, 5) is 9.72. The number of nitrogens with zero attached hydrogens (tertiary/aromatic N) is 2. The normalized spacial score (nSPS) is 12.5. The van der Waals surface area contributed by atoms with Crippen molar-refractivity contribution in [1.82, 2.24) is 0 Å². The predicted molar refractivity (Wildman–Crippen MR) is 60.7 cm³/mol. The summed E-state index contributed by atoms with van der Waals surface area (Å²) in [5.41, 5.74) is -1.10. The molecule has 0 amide bonds. The molecule has 1 unspecified atom stereocenters. The fourth-order valence-corrected chi connectivity index (χ4v) is 1.85. The van der Waals surface area contributed by atoms with Gasteiger partial charge in [0.1, 0.15) is 11.5 Å². The van der Waals surface area contributed by atoms with Crippen molar-refractivity contribution in [3.8, 4) is 6.07 Å². The number of hydrogen-bond acceptors (Lipinski definition) is 5. The highest BCUT2D eigenvalue weighted by Crippen LogP contribution is 2.26. The molecule has 18 heavy (non-hydrogen) atoms. The first-order chi connectivity index (χ1) is 8.27. The summed E-state index contributed by atoms with van der Waals surface area (Å²) in [5.74, 6) is -0.863. The Hall–Kier alpha value is -2.21. The predicted octanol–water partition coefficient (Wildman–Crippen LogP) is 1.39. The second-order valence-electron chi connectivity index (χ2n) is 3.34. The number of sulfonamides is 1. The molecule has 1 atom stereocenters. The minimum atomic E-state index is -4.07. The molecule has 0 aliphatic heterocycles. The van der Waals surface area contributed by atoms with Crippen molar-refractivity contribution in [2.45, 2.75) is 12.2 Å². The largest absolute Gasteiger partial charge is 0.296 e. The smallest absolute Gasteiger partial charge is 0.276 e. The Kier molecular flexibility index (Phi) is 3.82. The summed E-state index contributed by atoms with van der Waals surface area (Å²) in [6.45, 7) is 1.12. The average molecular weight is 273 g/mol. The lowest BCUT2D eigenvalue weighted by atomic mass is 10.3. The molecule has 0 bridgehead atoms. The van der Waals surface area contributed by atoms with Crippen LogP contribution >= 0.6 is 0 Å². The number of hydrogen-bond donors (Lipinski definition) is 1. The summed E-state index contributed by atoms with van der Waals surface area (Å²) in [6.07, 6.45) is 0. The van der Waals surface area contributed by atoms with Crippen molar-refractivity contribution in [3.63, 3.8) is 0 Å². The number of nitriles is 1. The Bertz CT molecular complexity index is 623. The van der Waals surface area contributed by atoms with E-state index in [2.05, 4.69) is 0 Å². The molecule has 1 aromatic carbocycles. The maximum atomic E-state index is 12.8. The average Bonchev–Trinajstić information content (AvgIpc) is 2.29.